The van der Waals surface area contributed by atoms with Crippen molar-refractivity contribution in [1.29, 1.82) is 0 Å². The maximum atomic E-state index is 12.7. The largest absolute Gasteiger partial charge is 0.432 e. The number of methoxy groups -OCH3 is 1. The molecule has 1 aliphatic rings. The van der Waals surface area contributed by atoms with Crippen molar-refractivity contribution >= 4 is 5.91 Å². The molecule has 1 saturated heterocycles. The number of halogens is 3. The van der Waals surface area contributed by atoms with Crippen LogP contribution in [0.4, 0.5) is 13.2 Å². The summed E-state index contributed by atoms with van der Waals surface area (Å²) in [5.41, 5.74) is 0.118. The van der Waals surface area contributed by atoms with Gasteiger partial charge in [0, 0.05) is 24.8 Å². The molecular formula is C17H18F3N3O2. The number of likely N-dealkylation sites (tertiary alicyclic amines) is 1. The summed E-state index contributed by atoms with van der Waals surface area (Å²) >= 11 is 0. The summed E-state index contributed by atoms with van der Waals surface area (Å²) in [4.78, 5) is 14.5. The van der Waals surface area contributed by atoms with Gasteiger partial charge in [-0.2, -0.15) is 18.3 Å². The SMILES string of the molecule is COC[C@@H]1CCCN1C(=O)c1cccc(-c2cc(C(F)(F)F)[nH]n2)c1. The summed E-state index contributed by atoms with van der Waals surface area (Å²) in [6.45, 7) is 1.12. The van der Waals surface area contributed by atoms with E-state index in [1.165, 1.54) is 0 Å². The topological polar surface area (TPSA) is 58.2 Å². The highest BCUT2D eigenvalue weighted by Gasteiger charge is 2.33. The van der Waals surface area contributed by atoms with Crippen LogP contribution in [-0.2, 0) is 10.9 Å². The Morgan fingerprint density at radius 3 is 2.88 bits per heavy atom. The highest BCUT2D eigenvalue weighted by atomic mass is 19.4. The van der Waals surface area contributed by atoms with E-state index in [4.69, 9.17) is 4.74 Å². The molecule has 0 saturated carbocycles. The Balaban J connectivity index is 1.84. The Morgan fingerprint density at radius 1 is 1.40 bits per heavy atom. The molecule has 5 nitrogen and oxygen atoms in total. The van der Waals surface area contributed by atoms with E-state index in [0.717, 1.165) is 18.9 Å². The van der Waals surface area contributed by atoms with Crippen LogP contribution in [0, 0.1) is 0 Å². The standard InChI is InChI=1S/C17H18F3N3O2/c1-25-10-13-6-3-7-23(13)16(24)12-5-2-4-11(8-12)14-9-15(22-21-14)17(18,19)20/h2,4-5,8-9,13H,3,6-7,10H2,1H3,(H,21,22)/t13-/m0/s1. The number of carbonyl (C=O) groups is 1. The maximum Gasteiger partial charge on any atom is 0.432 e. The molecule has 1 aromatic heterocycles. The summed E-state index contributed by atoms with van der Waals surface area (Å²) in [6.07, 6.45) is -2.69. The van der Waals surface area contributed by atoms with Crippen LogP contribution in [0.2, 0.25) is 0 Å². The number of rotatable bonds is 4. The van der Waals surface area contributed by atoms with Gasteiger partial charge in [-0.25, -0.2) is 0 Å². The summed E-state index contributed by atoms with van der Waals surface area (Å²) in [5.74, 6) is -0.145. The average molecular weight is 353 g/mol. The van der Waals surface area contributed by atoms with E-state index in [-0.39, 0.29) is 17.6 Å². The summed E-state index contributed by atoms with van der Waals surface area (Å²) in [7, 11) is 1.59. The monoisotopic (exact) mass is 353 g/mol. The fourth-order valence-electron chi connectivity index (χ4n) is 3.06. The number of nitrogens with one attached hydrogen (secondary N) is 1. The van der Waals surface area contributed by atoms with Crippen LogP contribution in [-0.4, -0.2) is 47.3 Å². The predicted molar refractivity (Wildman–Crippen MR) is 85.0 cm³/mol. The van der Waals surface area contributed by atoms with Crippen molar-refractivity contribution in [3.05, 3.63) is 41.6 Å². The number of aromatic amines is 1. The molecule has 1 atom stereocenters. The van der Waals surface area contributed by atoms with E-state index >= 15 is 0 Å². The van der Waals surface area contributed by atoms with Crippen LogP contribution < -0.4 is 0 Å². The van der Waals surface area contributed by atoms with Gasteiger partial charge in [0.15, 0.2) is 0 Å². The Hall–Kier alpha value is -2.35. The quantitative estimate of drug-likeness (QED) is 0.917. The zero-order valence-electron chi connectivity index (χ0n) is 13.6. The van der Waals surface area contributed by atoms with Crippen molar-refractivity contribution in [2.24, 2.45) is 0 Å². The lowest BCUT2D eigenvalue weighted by Crippen LogP contribution is -2.38. The van der Waals surface area contributed by atoms with Gasteiger partial charge in [0.1, 0.15) is 5.69 Å². The van der Waals surface area contributed by atoms with Crippen LogP contribution in [0.5, 0.6) is 0 Å². The minimum atomic E-state index is -4.48. The molecule has 1 N–H and O–H groups in total. The second kappa shape index (κ2) is 6.87. The third kappa shape index (κ3) is 3.68. The molecule has 2 aromatic rings. The van der Waals surface area contributed by atoms with Crippen LogP contribution in [0.3, 0.4) is 0 Å². The van der Waals surface area contributed by atoms with E-state index in [0.29, 0.717) is 24.3 Å². The number of aromatic nitrogens is 2. The summed E-state index contributed by atoms with van der Waals surface area (Å²) in [6, 6.07) is 7.47. The van der Waals surface area contributed by atoms with Crippen LogP contribution in [0.15, 0.2) is 30.3 Å². The van der Waals surface area contributed by atoms with E-state index in [2.05, 4.69) is 5.10 Å². The van der Waals surface area contributed by atoms with Gasteiger partial charge in [0.05, 0.1) is 18.3 Å². The number of carbonyl (C=O) groups excluding carboxylic acids is 1. The zero-order valence-corrected chi connectivity index (χ0v) is 13.6. The van der Waals surface area contributed by atoms with E-state index < -0.39 is 11.9 Å². The van der Waals surface area contributed by atoms with Crippen molar-refractivity contribution in [2.75, 3.05) is 20.3 Å². The first-order chi connectivity index (χ1) is 11.9. The number of benzene rings is 1. The van der Waals surface area contributed by atoms with Crippen LogP contribution in [0.25, 0.3) is 11.3 Å². The Bertz CT molecular complexity index is 758. The number of amides is 1. The molecule has 1 aromatic carbocycles. The molecule has 3 rings (SSSR count). The predicted octanol–water partition coefficient (Wildman–Crippen LogP) is 3.35. The second-order valence-corrected chi connectivity index (χ2v) is 6.00. The third-order valence-corrected chi connectivity index (χ3v) is 4.29. The lowest BCUT2D eigenvalue weighted by molar-refractivity contribution is -0.141. The van der Waals surface area contributed by atoms with Gasteiger partial charge in [-0.15, -0.1) is 0 Å². The summed E-state index contributed by atoms with van der Waals surface area (Å²) in [5, 5.41) is 5.69. The van der Waals surface area contributed by atoms with Crippen molar-refractivity contribution in [1.82, 2.24) is 15.1 Å². The van der Waals surface area contributed by atoms with Crippen molar-refractivity contribution < 1.29 is 22.7 Å². The van der Waals surface area contributed by atoms with Crippen LogP contribution >= 0.6 is 0 Å². The average Bonchev–Trinajstić information content (AvgIpc) is 3.24. The molecule has 0 unspecified atom stereocenters. The lowest BCUT2D eigenvalue weighted by atomic mass is 10.1. The van der Waals surface area contributed by atoms with E-state index in [1.807, 2.05) is 5.10 Å². The first-order valence-corrected chi connectivity index (χ1v) is 7.93. The molecule has 8 heteroatoms. The molecule has 1 aliphatic heterocycles. The fourth-order valence-corrected chi connectivity index (χ4v) is 3.06. The molecule has 1 fully saturated rings. The minimum Gasteiger partial charge on any atom is -0.383 e. The maximum absolute atomic E-state index is 12.7. The van der Waals surface area contributed by atoms with Gasteiger partial charge >= 0.3 is 6.18 Å². The van der Waals surface area contributed by atoms with Gasteiger partial charge in [0.25, 0.3) is 5.91 Å². The molecule has 1 amide bonds. The van der Waals surface area contributed by atoms with Gasteiger partial charge in [0.2, 0.25) is 0 Å². The fraction of sp³-hybridized carbons (Fsp3) is 0.412. The van der Waals surface area contributed by atoms with Gasteiger partial charge < -0.3 is 9.64 Å². The van der Waals surface area contributed by atoms with Gasteiger partial charge in [-0.05, 0) is 31.0 Å². The number of H-pyrrole nitrogens is 1. The van der Waals surface area contributed by atoms with Crippen LogP contribution in [0.1, 0.15) is 28.9 Å². The lowest BCUT2D eigenvalue weighted by Gasteiger charge is -2.24. The number of hydrogen-bond donors (Lipinski definition) is 1. The molecule has 0 radical (unpaired) electrons. The molecule has 0 spiro atoms. The summed E-state index contributed by atoms with van der Waals surface area (Å²) < 4.78 is 43.3. The Morgan fingerprint density at radius 2 is 2.20 bits per heavy atom. The number of hydrogen-bond acceptors (Lipinski definition) is 3. The normalized spacial score (nSPS) is 17.9. The minimum absolute atomic E-state index is 0.0309. The number of ether oxygens (including phenoxy) is 1. The third-order valence-electron chi connectivity index (χ3n) is 4.29. The number of alkyl halides is 3. The molecule has 134 valence electrons. The Kier molecular flexibility index (Phi) is 4.80. The van der Waals surface area contributed by atoms with Gasteiger partial charge in [-0.1, -0.05) is 12.1 Å². The van der Waals surface area contributed by atoms with E-state index in [1.54, 1.807) is 36.3 Å². The molecule has 0 aliphatic carbocycles. The Labute approximate surface area is 142 Å². The van der Waals surface area contributed by atoms with Gasteiger partial charge in [-0.3, -0.25) is 9.89 Å². The highest BCUT2D eigenvalue weighted by molar-refractivity contribution is 5.95. The number of nitrogens with zero attached hydrogens (tertiary/aromatic N) is 2. The zero-order chi connectivity index (χ0) is 18.0. The highest BCUT2D eigenvalue weighted by Crippen LogP contribution is 2.30. The first-order valence-electron chi connectivity index (χ1n) is 7.93. The molecule has 0 bridgehead atoms. The molecule has 2 heterocycles. The molecular weight excluding hydrogens is 335 g/mol. The van der Waals surface area contributed by atoms with E-state index in [9.17, 15) is 18.0 Å². The van der Waals surface area contributed by atoms with Crippen molar-refractivity contribution in [3.63, 3.8) is 0 Å². The van der Waals surface area contributed by atoms with Crippen molar-refractivity contribution in [2.45, 2.75) is 25.1 Å². The second-order valence-electron chi connectivity index (χ2n) is 6.00. The molecule has 25 heavy (non-hydrogen) atoms. The smallest absolute Gasteiger partial charge is 0.383 e. The first kappa shape index (κ1) is 17.5. The van der Waals surface area contributed by atoms with Crippen molar-refractivity contribution in [3.8, 4) is 11.3 Å².